The van der Waals surface area contributed by atoms with E-state index >= 15 is 0 Å². The number of fused-ring (bicyclic) bond motifs is 3. The van der Waals surface area contributed by atoms with Crippen LogP contribution in [0.25, 0.3) is 0 Å². The van der Waals surface area contributed by atoms with Crippen LogP contribution in [0.2, 0.25) is 0 Å². The molecule has 1 aliphatic heterocycles. The maximum absolute atomic E-state index is 3.68. The van der Waals surface area contributed by atoms with Gasteiger partial charge >= 0.3 is 0 Å². The maximum atomic E-state index is 3.68. The second kappa shape index (κ2) is 3.30. The molecule has 0 aromatic heterocycles. The number of anilines is 1. The largest absolute Gasteiger partial charge is 0.381 e. The zero-order chi connectivity index (χ0) is 9.38. The van der Waals surface area contributed by atoms with Crippen molar-refractivity contribution in [2.45, 2.75) is 44.1 Å². The van der Waals surface area contributed by atoms with Crippen LogP contribution in [0.3, 0.4) is 0 Å². The van der Waals surface area contributed by atoms with Gasteiger partial charge < -0.3 is 5.32 Å². The Balaban J connectivity index is 1.96. The van der Waals surface area contributed by atoms with Gasteiger partial charge in [0, 0.05) is 17.6 Å². The van der Waals surface area contributed by atoms with Crippen molar-refractivity contribution in [1.29, 1.82) is 0 Å². The molecule has 14 heavy (non-hydrogen) atoms. The summed E-state index contributed by atoms with van der Waals surface area (Å²) in [6, 6.07) is 9.57. The first-order chi connectivity index (χ1) is 6.95. The van der Waals surface area contributed by atoms with E-state index < -0.39 is 0 Å². The van der Waals surface area contributed by atoms with Crippen LogP contribution in [0.4, 0.5) is 5.69 Å². The van der Waals surface area contributed by atoms with E-state index in [9.17, 15) is 0 Å². The van der Waals surface area contributed by atoms with Gasteiger partial charge in [-0.05, 0) is 24.5 Å². The van der Waals surface area contributed by atoms with Gasteiger partial charge in [-0.3, -0.25) is 0 Å². The number of benzene rings is 1. The van der Waals surface area contributed by atoms with E-state index in [1.54, 1.807) is 5.56 Å². The van der Waals surface area contributed by atoms with Crippen LogP contribution in [0.15, 0.2) is 24.3 Å². The van der Waals surface area contributed by atoms with Gasteiger partial charge in [0.15, 0.2) is 0 Å². The van der Waals surface area contributed by atoms with Crippen LogP contribution in [-0.4, -0.2) is 6.04 Å². The number of rotatable bonds is 0. The molecule has 0 spiro atoms. The molecule has 1 aromatic rings. The first kappa shape index (κ1) is 8.34. The Morgan fingerprint density at radius 2 is 1.86 bits per heavy atom. The first-order valence-corrected chi connectivity index (χ1v) is 5.80. The number of nitrogens with one attached hydrogen (secondary N) is 1. The van der Waals surface area contributed by atoms with Crippen LogP contribution in [0, 0.1) is 0 Å². The minimum atomic E-state index is 0.731. The second-order valence-electron chi connectivity index (χ2n) is 4.58. The van der Waals surface area contributed by atoms with E-state index in [-0.39, 0.29) is 0 Å². The van der Waals surface area contributed by atoms with Gasteiger partial charge in [-0.1, -0.05) is 37.5 Å². The predicted octanol–water partition coefficient (Wildman–Crippen LogP) is 3.53. The Bertz CT molecular complexity index is 332. The van der Waals surface area contributed by atoms with Gasteiger partial charge in [-0.25, -0.2) is 0 Å². The van der Waals surface area contributed by atoms with Crippen LogP contribution in [0.1, 0.15) is 43.6 Å². The van der Waals surface area contributed by atoms with Gasteiger partial charge in [0.25, 0.3) is 0 Å². The van der Waals surface area contributed by atoms with Gasteiger partial charge in [0.1, 0.15) is 0 Å². The summed E-state index contributed by atoms with van der Waals surface area (Å²) in [5.41, 5.74) is 2.96. The fourth-order valence-corrected chi connectivity index (χ4v) is 3.00. The first-order valence-electron chi connectivity index (χ1n) is 5.80. The smallest absolute Gasteiger partial charge is 0.0378 e. The molecule has 1 heterocycles. The third-order valence-electron chi connectivity index (χ3n) is 3.72. The minimum Gasteiger partial charge on any atom is -0.381 e. The van der Waals surface area contributed by atoms with Crippen molar-refractivity contribution in [2.24, 2.45) is 0 Å². The van der Waals surface area contributed by atoms with Crippen molar-refractivity contribution >= 4 is 5.69 Å². The summed E-state index contributed by atoms with van der Waals surface area (Å²) in [7, 11) is 0. The Labute approximate surface area is 85.5 Å². The molecule has 1 aromatic carbocycles. The highest BCUT2D eigenvalue weighted by Gasteiger charge is 2.31. The highest BCUT2D eigenvalue weighted by atomic mass is 15.0. The van der Waals surface area contributed by atoms with E-state index in [1.165, 1.54) is 37.8 Å². The average Bonchev–Trinajstić information content (AvgIpc) is 2.42. The molecule has 0 bridgehead atoms. The molecule has 0 saturated heterocycles. The van der Waals surface area contributed by atoms with E-state index in [4.69, 9.17) is 0 Å². The highest BCUT2D eigenvalue weighted by Crippen LogP contribution is 2.42. The van der Waals surface area contributed by atoms with Crippen molar-refractivity contribution in [1.82, 2.24) is 0 Å². The molecule has 74 valence electrons. The normalized spacial score (nSPS) is 30.0. The molecule has 1 saturated carbocycles. The van der Waals surface area contributed by atoms with Crippen molar-refractivity contribution in [3.05, 3.63) is 29.8 Å². The molecule has 0 radical (unpaired) electrons. The summed E-state index contributed by atoms with van der Waals surface area (Å²) in [5, 5.41) is 3.68. The topological polar surface area (TPSA) is 12.0 Å². The molecule has 3 rings (SSSR count). The van der Waals surface area contributed by atoms with E-state index in [0.29, 0.717) is 0 Å². The number of para-hydroxylation sites is 1. The summed E-state index contributed by atoms with van der Waals surface area (Å²) < 4.78 is 0. The average molecular weight is 187 g/mol. The second-order valence-corrected chi connectivity index (χ2v) is 4.58. The summed E-state index contributed by atoms with van der Waals surface area (Å²) in [4.78, 5) is 0. The zero-order valence-electron chi connectivity index (χ0n) is 8.50. The summed E-state index contributed by atoms with van der Waals surface area (Å²) in [6.45, 7) is 0. The zero-order valence-corrected chi connectivity index (χ0v) is 8.50. The van der Waals surface area contributed by atoms with Crippen LogP contribution in [-0.2, 0) is 0 Å². The molecule has 1 aliphatic carbocycles. The van der Waals surface area contributed by atoms with E-state index in [2.05, 4.69) is 29.6 Å². The van der Waals surface area contributed by atoms with Crippen molar-refractivity contribution in [3.8, 4) is 0 Å². The van der Waals surface area contributed by atoms with E-state index in [1.807, 2.05) is 0 Å². The van der Waals surface area contributed by atoms with Gasteiger partial charge in [-0.2, -0.15) is 0 Å². The molecule has 1 heteroatoms. The van der Waals surface area contributed by atoms with Gasteiger partial charge in [-0.15, -0.1) is 0 Å². The van der Waals surface area contributed by atoms with Gasteiger partial charge in [0.2, 0.25) is 0 Å². The van der Waals surface area contributed by atoms with Gasteiger partial charge in [0.05, 0.1) is 0 Å². The Kier molecular flexibility index (Phi) is 1.97. The summed E-state index contributed by atoms with van der Waals surface area (Å²) in [6.07, 6.45) is 6.99. The molecular formula is C13H17N. The summed E-state index contributed by atoms with van der Waals surface area (Å²) >= 11 is 0. The Hall–Kier alpha value is -0.980. The fourth-order valence-electron chi connectivity index (χ4n) is 3.00. The monoisotopic (exact) mass is 187 g/mol. The third-order valence-corrected chi connectivity index (χ3v) is 3.72. The lowest BCUT2D eigenvalue weighted by Gasteiger charge is -2.16. The molecule has 2 atom stereocenters. The molecule has 1 N–H and O–H groups in total. The molecule has 1 fully saturated rings. The highest BCUT2D eigenvalue weighted by molar-refractivity contribution is 5.59. The lowest BCUT2D eigenvalue weighted by Crippen LogP contribution is -2.18. The summed E-state index contributed by atoms with van der Waals surface area (Å²) in [5.74, 6) is 0.800. The predicted molar refractivity (Wildman–Crippen MR) is 59.7 cm³/mol. The number of hydrogen-bond acceptors (Lipinski definition) is 1. The molecule has 2 aliphatic rings. The number of hydrogen-bond donors (Lipinski definition) is 1. The fraction of sp³-hybridized carbons (Fsp3) is 0.538. The standard InChI is InChI=1S/C13H17N/c1-2-6-10-11-7-4-5-9-13(11)14-12(10)8-3-1/h4-5,7,9-10,12,14H,1-3,6,8H2. The lowest BCUT2D eigenvalue weighted by molar-refractivity contribution is 0.562. The molecular weight excluding hydrogens is 170 g/mol. The van der Waals surface area contributed by atoms with Crippen LogP contribution < -0.4 is 5.32 Å². The quantitative estimate of drug-likeness (QED) is 0.655. The Morgan fingerprint density at radius 1 is 1.00 bits per heavy atom. The SMILES string of the molecule is c1ccc2c(c1)NC1CCCCCC21. The van der Waals surface area contributed by atoms with Crippen molar-refractivity contribution in [2.75, 3.05) is 5.32 Å². The Morgan fingerprint density at radius 3 is 2.86 bits per heavy atom. The van der Waals surface area contributed by atoms with Crippen LogP contribution >= 0.6 is 0 Å². The molecule has 0 amide bonds. The van der Waals surface area contributed by atoms with Crippen LogP contribution in [0.5, 0.6) is 0 Å². The minimum absolute atomic E-state index is 0.731. The lowest BCUT2D eigenvalue weighted by atomic mass is 9.91. The van der Waals surface area contributed by atoms with E-state index in [0.717, 1.165) is 12.0 Å². The third kappa shape index (κ3) is 1.23. The van der Waals surface area contributed by atoms with Crippen molar-refractivity contribution in [3.63, 3.8) is 0 Å². The maximum Gasteiger partial charge on any atom is 0.0378 e. The molecule has 1 nitrogen and oxygen atoms in total. The van der Waals surface area contributed by atoms with Crippen molar-refractivity contribution < 1.29 is 0 Å². The molecule has 2 unspecified atom stereocenters.